The van der Waals surface area contributed by atoms with Gasteiger partial charge in [0, 0.05) is 14.5 Å². The van der Waals surface area contributed by atoms with Crippen LogP contribution in [0.25, 0.3) is 22.2 Å². The van der Waals surface area contributed by atoms with Gasteiger partial charge >= 0.3 is 0 Å². The standard InChI is InChI=1S/C14H13ClO2S/c1-4-8-10(5-2)18-11-7-6-9(17-3)13(15)12(11)14(8)16/h4-7H,1-3H3/b8-4+,10-5+. The van der Waals surface area contributed by atoms with Crippen molar-refractivity contribution < 1.29 is 4.74 Å². The zero-order valence-corrected chi connectivity index (χ0v) is 12.0. The van der Waals surface area contributed by atoms with Crippen LogP contribution in [-0.4, -0.2) is 7.11 Å². The Balaban J connectivity index is 3.13. The maximum absolute atomic E-state index is 12.4. The average Bonchev–Trinajstić information content (AvgIpc) is 2.38. The fourth-order valence-corrected chi connectivity index (χ4v) is 3.39. The number of rotatable bonds is 1. The van der Waals surface area contributed by atoms with Crippen LogP contribution in [0.5, 0.6) is 5.75 Å². The number of benzene rings is 1. The summed E-state index contributed by atoms with van der Waals surface area (Å²) in [4.78, 5) is 12.4. The van der Waals surface area contributed by atoms with Crippen LogP contribution in [-0.2, 0) is 0 Å². The summed E-state index contributed by atoms with van der Waals surface area (Å²) in [5.74, 6) is 0.531. The summed E-state index contributed by atoms with van der Waals surface area (Å²) < 4.78 is 7.00. The van der Waals surface area contributed by atoms with Crippen LogP contribution in [0.1, 0.15) is 13.8 Å². The summed E-state index contributed by atoms with van der Waals surface area (Å²) in [5, 5.41) is 1.63. The minimum Gasteiger partial charge on any atom is -0.495 e. The van der Waals surface area contributed by atoms with E-state index in [-0.39, 0.29) is 5.43 Å². The summed E-state index contributed by atoms with van der Waals surface area (Å²) in [5.41, 5.74) is -0.0387. The van der Waals surface area contributed by atoms with Crippen LogP contribution in [0, 0.1) is 0 Å². The van der Waals surface area contributed by atoms with Gasteiger partial charge < -0.3 is 4.74 Å². The summed E-state index contributed by atoms with van der Waals surface area (Å²) in [6, 6.07) is 3.66. The molecule has 0 spiro atoms. The smallest absolute Gasteiger partial charge is 0.197 e. The third-order valence-electron chi connectivity index (χ3n) is 2.80. The molecule has 0 aliphatic rings. The molecule has 0 unspecified atom stereocenters. The van der Waals surface area contributed by atoms with Gasteiger partial charge in [0.2, 0.25) is 0 Å². The maximum Gasteiger partial charge on any atom is 0.197 e. The maximum atomic E-state index is 12.4. The van der Waals surface area contributed by atoms with Crippen molar-refractivity contribution in [3.8, 4) is 5.75 Å². The van der Waals surface area contributed by atoms with Crippen molar-refractivity contribution in [3.05, 3.63) is 37.1 Å². The van der Waals surface area contributed by atoms with Gasteiger partial charge in [0.25, 0.3) is 0 Å². The van der Waals surface area contributed by atoms with Gasteiger partial charge in [0.05, 0.1) is 17.5 Å². The summed E-state index contributed by atoms with van der Waals surface area (Å²) in [6.07, 6.45) is 3.77. The Morgan fingerprint density at radius 1 is 1.28 bits per heavy atom. The van der Waals surface area contributed by atoms with Crippen LogP contribution < -0.4 is 19.9 Å². The molecular weight excluding hydrogens is 268 g/mol. The van der Waals surface area contributed by atoms with Crippen molar-refractivity contribution in [2.75, 3.05) is 7.11 Å². The van der Waals surface area contributed by atoms with Gasteiger partial charge in [0.15, 0.2) is 5.43 Å². The molecule has 0 bridgehead atoms. The van der Waals surface area contributed by atoms with E-state index in [9.17, 15) is 4.79 Å². The molecule has 0 atom stereocenters. The van der Waals surface area contributed by atoms with Crippen molar-refractivity contribution >= 4 is 45.2 Å². The molecule has 1 aromatic carbocycles. The van der Waals surface area contributed by atoms with Crippen molar-refractivity contribution in [1.29, 1.82) is 0 Å². The Hall–Kier alpha value is -1.32. The minimum absolute atomic E-state index is 0.0387. The Kier molecular flexibility index (Phi) is 3.73. The first-order valence-corrected chi connectivity index (χ1v) is 6.75. The van der Waals surface area contributed by atoms with E-state index in [1.807, 2.05) is 32.1 Å². The molecule has 0 saturated heterocycles. The molecule has 4 heteroatoms. The predicted octanol–water partition coefficient (Wildman–Crippen LogP) is 2.52. The lowest BCUT2D eigenvalue weighted by Crippen LogP contribution is -2.36. The molecule has 2 nitrogen and oxygen atoms in total. The fourth-order valence-electron chi connectivity index (χ4n) is 1.90. The predicted molar refractivity (Wildman–Crippen MR) is 79.2 cm³/mol. The van der Waals surface area contributed by atoms with Crippen molar-refractivity contribution in [3.63, 3.8) is 0 Å². The first-order chi connectivity index (χ1) is 8.63. The SMILES string of the molecule is C/C=c1/c(=O)c2c(Cl)c(OC)ccc2s/c1=C/C. The number of ether oxygens (including phenoxy) is 1. The number of halogens is 1. The van der Waals surface area contributed by atoms with Crippen LogP contribution >= 0.6 is 22.9 Å². The Bertz CT molecular complexity index is 775. The number of fused-ring (bicyclic) bond motifs is 1. The molecule has 0 N–H and O–H groups in total. The fraction of sp³-hybridized carbons (Fsp3) is 0.214. The first kappa shape index (κ1) is 13.1. The van der Waals surface area contributed by atoms with E-state index in [0.717, 1.165) is 9.23 Å². The highest BCUT2D eigenvalue weighted by Crippen LogP contribution is 2.30. The molecule has 0 aliphatic carbocycles. The molecule has 2 aromatic rings. The van der Waals surface area contributed by atoms with E-state index in [2.05, 4.69) is 0 Å². The van der Waals surface area contributed by atoms with Crippen LogP contribution in [0.2, 0.25) is 5.02 Å². The summed E-state index contributed by atoms with van der Waals surface area (Å²) in [7, 11) is 1.54. The molecule has 0 radical (unpaired) electrons. The molecule has 0 aliphatic heterocycles. The van der Waals surface area contributed by atoms with Gasteiger partial charge in [-0.2, -0.15) is 0 Å². The average molecular weight is 281 g/mol. The minimum atomic E-state index is -0.0387. The lowest BCUT2D eigenvalue weighted by Gasteiger charge is -2.05. The highest BCUT2D eigenvalue weighted by atomic mass is 35.5. The van der Waals surface area contributed by atoms with E-state index in [4.69, 9.17) is 16.3 Å². The monoisotopic (exact) mass is 280 g/mol. The van der Waals surface area contributed by atoms with E-state index in [1.165, 1.54) is 0 Å². The normalized spacial score (nSPS) is 13.3. The van der Waals surface area contributed by atoms with Crippen LogP contribution in [0.3, 0.4) is 0 Å². The molecule has 0 saturated carbocycles. The van der Waals surface area contributed by atoms with E-state index in [1.54, 1.807) is 24.5 Å². The first-order valence-electron chi connectivity index (χ1n) is 5.56. The van der Waals surface area contributed by atoms with Crippen LogP contribution in [0.15, 0.2) is 16.9 Å². The van der Waals surface area contributed by atoms with Crippen molar-refractivity contribution in [1.82, 2.24) is 0 Å². The number of methoxy groups -OCH3 is 1. The van der Waals surface area contributed by atoms with Gasteiger partial charge in [-0.3, -0.25) is 4.79 Å². The molecule has 0 fully saturated rings. The largest absolute Gasteiger partial charge is 0.495 e. The molecule has 1 heterocycles. The zero-order valence-electron chi connectivity index (χ0n) is 10.4. The third kappa shape index (κ3) is 1.93. The third-order valence-corrected chi connectivity index (χ3v) is 4.41. The van der Waals surface area contributed by atoms with E-state index < -0.39 is 0 Å². The van der Waals surface area contributed by atoms with E-state index in [0.29, 0.717) is 21.4 Å². The quantitative estimate of drug-likeness (QED) is 0.802. The van der Waals surface area contributed by atoms with Crippen LogP contribution in [0.4, 0.5) is 0 Å². The molecule has 18 heavy (non-hydrogen) atoms. The molecular formula is C14H13ClO2S. The lowest BCUT2D eigenvalue weighted by atomic mass is 10.2. The highest BCUT2D eigenvalue weighted by Gasteiger charge is 2.10. The molecule has 0 amide bonds. The van der Waals surface area contributed by atoms with Gasteiger partial charge in [-0.05, 0) is 26.0 Å². The van der Waals surface area contributed by atoms with Gasteiger partial charge in [-0.1, -0.05) is 23.8 Å². The van der Waals surface area contributed by atoms with Gasteiger partial charge in [0.1, 0.15) is 5.75 Å². The van der Waals surface area contributed by atoms with Gasteiger partial charge in [-0.15, -0.1) is 11.3 Å². The highest BCUT2D eigenvalue weighted by molar-refractivity contribution is 7.16. The summed E-state index contributed by atoms with van der Waals surface area (Å²) >= 11 is 7.79. The second-order valence-electron chi connectivity index (χ2n) is 3.74. The van der Waals surface area contributed by atoms with Gasteiger partial charge in [-0.25, -0.2) is 0 Å². The van der Waals surface area contributed by atoms with Crippen molar-refractivity contribution in [2.24, 2.45) is 0 Å². The topological polar surface area (TPSA) is 26.3 Å². The zero-order chi connectivity index (χ0) is 13.3. The Labute approximate surface area is 114 Å². The Morgan fingerprint density at radius 2 is 2.00 bits per heavy atom. The Morgan fingerprint density at radius 3 is 2.56 bits per heavy atom. The second-order valence-corrected chi connectivity index (χ2v) is 5.20. The van der Waals surface area contributed by atoms with E-state index >= 15 is 0 Å². The molecule has 94 valence electrons. The second kappa shape index (κ2) is 5.12. The molecule has 1 aromatic heterocycles. The number of hydrogen-bond donors (Lipinski definition) is 0. The number of hydrogen-bond acceptors (Lipinski definition) is 3. The molecule has 2 rings (SSSR count). The lowest BCUT2D eigenvalue weighted by molar-refractivity contribution is 0.415. The summed E-state index contributed by atoms with van der Waals surface area (Å²) in [6.45, 7) is 3.78. The van der Waals surface area contributed by atoms with Crippen molar-refractivity contribution in [2.45, 2.75) is 13.8 Å².